The molecule has 5 heteroatoms. The van der Waals surface area contributed by atoms with Gasteiger partial charge < -0.3 is 10.6 Å². The maximum Gasteiger partial charge on any atom is 0.237 e. The first-order valence-electron chi connectivity index (χ1n) is 8.32. The third kappa shape index (κ3) is 3.75. The summed E-state index contributed by atoms with van der Waals surface area (Å²) in [6, 6.07) is 9.93. The molecule has 1 atom stereocenters. The molecule has 4 nitrogen and oxygen atoms in total. The molecular formula is C18H25ClN2O2. The van der Waals surface area contributed by atoms with E-state index in [1.165, 1.54) is 0 Å². The van der Waals surface area contributed by atoms with Gasteiger partial charge in [0.25, 0.3) is 0 Å². The first kappa shape index (κ1) is 18.0. The second-order valence-electron chi connectivity index (χ2n) is 6.45. The van der Waals surface area contributed by atoms with Crippen LogP contribution in [0.2, 0.25) is 0 Å². The van der Waals surface area contributed by atoms with E-state index in [2.05, 4.69) is 10.6 Å². The Hall–Kier alpha value is -1.39. The average molecular weight is 337 g/mol. The second-order valence-corrected chi connectivity index (χ2v) is 6.45. The number of Topliss-reactive ketones (excluding diaryl/α,β-unsaturated/α-hetero) is 1. The summed E-state index contributed by atoms with van der Waals surface area (Å²) in [5.41, 5.74) is 0.711. The SMILES string of the molecule is Cl.O=C(NCC(=O)C1(c2ccccc2)CCCC1)C1CCCN1. The predicted octanol–water partition coefficient (Wildman–Crippen LogP) is 2.36. The molecule has 3 rings (SSSR count). The summed E-state index contributed by atoms with van der Waals surface area (Å²) in [7, 11) is 0. The van der Waals surface area contributed by atoms with Crippen LogP contribution in [0.5, 0.6) is 0 Å². The second kappa shape index (κ2) is 7.93. The standard InChI is InChI=1S/C18H24N2O2.ClH/c21-16(13-20-17(22)15-9-6-12-19-15)18(10-4-5-11-18)14-7-2-1-3-8-14;/h1-3,7-8,15,19H,4-6,9-13H2,(H,20,22);1H. The van der Waals surface area contributed by atoms with E-state index in [1.54, 1.807) is 0 Å². The zero-order chi connectivity index (χ0) is 15.4. The number of halogens is 1. The van der Waals surface area contributed by atoms with Crippen LogP contribution in [0.15, 0.2) is 30.3 Å². The van der Waals surface area contributed by atoms with Gasteiger partial charge in [0.05, 0.1) is 18.0 Å². The summed E-state index contributed by atoms with van der Waals surface area (Å²) in [5, 5.41) is 6.01. The van der Waals surface area contributed by atoms with Crippen molar-refractivity contribution < 1.29 is 9.59 Å². The zero-order valence-electron chi connectivity index (χ0n) is 13.3. The minimum absolute atomic E-state index is 0. The van der Waals surface area contributed by atoms with E-state index < -0.39 is 5.41 Å². The lowest BCUT2D eigenvalue weighted by molar-refractivity contribution is -0.128. The smallest absolute Gasteiger partial charge is 0.237 e. The highest BCUT2D eigenvalue weighted by atomic mass is 35.5. The molecule has 23 heavy (non-hydrogen) atoms. The van der Waals surface area contributed by atoms with Crippen LogP contribution in [0, 0.1) is 0 Å². The molecule has 1 saturated heterocycles. The maximum atomic E-state index is 12.9. The van der Waals surface area contributed by atoms with E-state index in [1.807, 2.05) is 30.3 Å². The van der Waals surface area contributed by atoms with E-state index in [0.717, 1.165) is 50.6 Å². The van der Waals surface area contributed by atoms with Gasteiger partial charge in [-0.1, -0.05) is 43.2 Å². The molecule has 2 fully saturated rings. The molecular weight excluding hydrogens is 312 g/mol. The van der Waals surface area contributed by atoms with Crippen LogP contribution in [0.4, 0.5) is 0 Å². The summed E-state index contributed by atoms with van der Waals surface area (Å²) in [6.07, 6.45) is 5.85. The van der Waals surface area contributed by atoms with Gasteiger partial charge in [-0.2, -0.15) is 0 Å². The van der Waals surface area contributed by atoms with Gasteiger partial charge in [0.2, 0.25) is 5.91 Å². The Labute approximate surface area is 143 Å². The number of carbonyl (C=O) groups is 2. The van der Waals surface area contributed by atoms with Crippen LogP contribution in [-0.2, 0) is 15.0 Å². The van der Waals surface area contributed by atoms with E-state index in [-0.39, 0.29) is 36.7 Å². The Morgan fingerprint density at radius 3 is 2.43 bits per heavy atom. The molecule has 0 radical (unpaired) electrons. The monoisotopic (exact) mass is 336 g/mol. The molecule has 1 unspecified atom stereocenters. The zero-order valence-corrected chi connectivity index (χ0v) is 14.2. The fraction of sp³-hybridized carbons (Fsp3) is 0.556. The normalized spacial score (nSPS) is 22.3. The predicted molar refractivity (Wildman–Crippen MR) is 92.9 cm³/mol. The van der Waals surface area contributed by atoms with Crippen molar-refractivity contribution in [2.75, 3.05) is 13.1 Å². The van der Waals surface area contributed by atoms with Crippen LogP contribution >= 0.6 is 12.4 Å². The van der Waals surface area contributed by atoms with Crippen LogP contribution < -0.4 is 10.6 Å². The molecule has 0 bridgehead atoms. The minimum atomic E-state index is -0.391. The number of rotatable bonds is 5. The quantitative estimate of drug-likeness (QED) is 0.867. The van der Waals surface area contributed by atoms with Crippen LogP contribution in [0.1, 0.15) is 44.1 Å². The maximum absolute atomic E-state index is 12.9. The Balaban J connectivity index is 0.00000192. The fourth-order valence-electron chi connectivity index (χ4n) is 3.83. The number of benzene rings is 1. The number of ketones is 1. The van der Waals surface area contributed by atoms with Crippen molar-refractivity contribution in [3.05, 3.63) is 35.9 Å². The summed E-state index contributed by atoms with van der Waals surface area (Å²) in [4.78, 5) is 24.9. The van der Waals surface area contributed by atoms with Gasteiger partial charge >= 0.3 is 0 Å². The van der Waals surface area contributed by atoms with Crippen molar-refractivity contribution >= 4 is 24.1 Å². The molecule has 0 spiro atoms. The van der Waals surface area contributed by atoms with E-state index in [9.17, 15) is 9.59 Å². The summed E-state index contributed by atoms with van der Waals surface area (Å²) in [6.45, 7) is 1.03. The van der Waals surface area contributed by atoms with Crippen molar-refractivity contribution in [3.63, 3.8) is 0 Å². The summed E-state index contributed by atoms with van der Waals surface area (Å²) in [5.74, 6) is 0.120. The lowest BCUT2D eigenvalue weighted by Crippen LogP contribution is -2.46. The molecule has 1 saturated carbocycles. The number of hydrogen-bond donors (Lipinski definition) is 2. The van der Waals surface area contributed by atoms with Gasteiger partial charge in [0.15, 0.2) is 5.78 Å². The summed E-state index contributed by atoms with van der Waals surface area (Å²) >= 11 is 0. The van der Waals surface area contributed by atoms with Gasteiger partial charge in [-0.25, -0.2) is 0 Å². The first-order valence-corrected chi connectivity index (χ1v) is 8.32. The average Bonchev–Trinajstić information content (AvgIpc) is 3.25. The topological polar surface area (TPSA) is 58.2 Å². The largest absolute Gasteiger partial charge is 0.348 e. The van der Waals surface area contributed by atoms with Crippen LogP contribution in [0.3, 0.4) is 0 Å². The molecule has 1 aliphatic carbocycles. The highest BCUT2D eigenvalue weighted by Gasteiger charge is 2.42. The van der Waals surface area contributed by atoms with E-state index in [0.29, 0.717) is 0 Å². The Bertz CT molecular complexity index is 535. The molecule has 1 heterocycles. The van der Waals surface area contributed by atoms with E-state index in [4.69, 9.17) is 0 Å². The Kier molecular flexibility index (Phi) is 6.19. The van der Waals surface area contributed by atoms with Crippen LogP contribution in [0.25, 0.3) is 0 Å². The molecule has 2 aliphatic rings. The van der Waals surface area contributed by atoms with Gasteiger partial charge in [-0.15, -0.1) is 12.4 Å². The first-order chi connectivity index (χ1) is 10.7. The van der Waals surface area contributed by atoms with Crippen molar-refractivity contribution in [1.82, 2.24) is 10.6 Å². The third-order valence-electron chi connectivity index (χ3n) is 5.12. The molecule has 126 valence electrons. The number of nitrogens with one attached hydrogen (secondary N) is 2. The van der Waals surface area contributed by atoms with Gasteiger partial charge in [0, 0.05) is 0 Å². The molecule has 1 aromatic carbocycles. The molecule has 2 N–H and O–H groups in total. The number of amides is 1. The van der Waals surface area contributed by atoms with Crippen molar-refractivity contribution in [2.45, 2.75) is 50.0 Å². The molecule has 1 aliphatic heterocycles. The highest BCUT2D eigenvalue weighted by Crippen LogP contribution is 2.41. The fourth-order valence-corrected chi connectivity index (χ4v) is 3.83. The van der Waals surface area contributed by atoms with E-state index >= 15 is 0 Å². The Morgan fingerprint density at radius 1 is 1.13 bits per heavy atom. The van der Waals surface area contributed by atoms with Gasteiger partial charge in [-0.3, -0.25) is 9.59 Å². The molecule has 0 aromatic heterocycles. The van der Waals surface area contributed by atoms with Crippen molar-refractivity contribution in [2.24, 2.45) is 0 Å². The lowest BCUT2D eigenvalue weighted by atomic mass is 9.75. The highest BCUT2D eigenvalue weighted by molar-refractivity contribution is 5.95. The molecule has 1 amide bonds. The minimum Gasteiger partial charge on any atom is -0.348 e. The lowest BCUT2D eigenvalue weighted by Gasteiger charge is -2.28. The van der Waals surface area contributed by atoms with Crippen molar-refractivity contribution in [3.8, 4) is 0 Å². The number of hydrogen-bond acceptors (Lipinski definition) is 3. The summed E-state index contributed by atoms with van der Waals surface area (Å²) < 4.78 is 0. The van der Waals surface area contributed by atoms with Crippen LogP contribution in [-0.4, -0.2) is 30.8 Å². The number of carbonyl (C=O) groups excluding carboxylic acids is 2. The third-order valence-corrected chi connectivity index (χ3v) is 5.12. The van der Waals surface area contributed by atoms with Crippen molar-refractivity contribution in [1.29, 1.82) is 0 Å². The van der Waals surface area contributed by atoms with Gasteiger partial charge in [0.1, 0.15) is 0 Å². The molecule has 1 aromatic rings. The Morgan fingerprint density at radius 2 is 1.83 bits per heavy atom. The van der Waals surface area contributed by atoms with Gasteiger partial charge in [-0.05, 0) is 37.8 Å².